The molecule has 0 amide bonds. The highest BCUT2D eigenvalue weighted by Gasteiger charge is 2.17. The summed E-state index contributed by atoms with van der Waals surface area (Å²) >= 11 is 0. The predicted octanol–water partition coefficient (Wildman–Crippen LogP) is 3.62. The molecular formula is C14H13F2N. The molecule has 2 aromatic carbocycles. The number of alkyl halides is 2. The number of benzene rings is 2. The SMILES string of the molecule is N[C@@H](c1cccc(-c2ccccc2)c1)C(F)F. The largest absolute Gasteiger partial charge is 0.319 e. The Balaban J connectivity index is 2.35. The monoisotopic (exact) mass is 233 g/mol. The molecule has 0 spiro atoms. The highest BCUT2D eigenvalue weighted by Crippen LogP contribution is 2.24. The highest BCUT2D eigenvalue weighted by atomic mass is 19.3. The summed E-state index contributed by atoms with van der Waals surface area (Å²) in [6, 6.07) is 15.4. The van der Waals surface area contributed by atoms with Gasteiger partial charge in [-0.25, -0.2) is 8.78 Å². The molecule has 0 radical (unpaired) electrons. The summed E-state index contributed by atoms with van der Waals surface area (Å²) in [5.74, 6) is 0. The zero-order valence-corrected chi connectivity index (χ0v) is 9.18. The minimum absolute atomic E-state index is 0.460. The minimum atomic E-state index is -2.54. The second-order valence-electron chi connectivity index (χ2n) is 3.85. The molecule has 1 nitrogen and oxygen atoms in total. The molecule has 17 heavy (non-hydrogen) atoms. The van der Waals surface area contributed by atoms with Crippen molar-refractivity contribution in [1.29, 1.82) is 0 Å². The molecule has 88 valence electrons. The Morgan fingerprint density at radius 1 is 0.824 bits per heavy atom. The predicted molar refractivity (Wildman–Crippen MR) is 64.8 cm³/mol. The maximum Gasteiger partial charge on any atom is 0.257 e. The van der Waals surface area contributed by atoms with E-state index in [0.717, 1.165) is 11.1 Å². The normalized spacial score (nSPS) is 12.7. The summed E-state index contributed by atoms with van der Waals surface area (Å²) < 4.78 is 25.0. The van der Waals surface area contributed by atoms with Gasteiger partial charge in [0, 0.05) is 0 Å². The van der Waals surface area contributed by atoms with Gasteiger partial charge in [-0.2, -0.15) is 0 Å². The third-order valence-electron chi connectivity index (χ3n) is 2.65. The van der Waals surface area contributed by atoms with Gasteiger partial charge in [0.25, 0.3) is 6.43 Å². The fourth-order valence-electron chi connectivity index (χ4n) is 1.70. The van der Waals surface area contributed by atoms with Crippen molar-refractivity contribution in [1.82, 2.24) is 0 Å². The number of rotatable bonds is 3. The molecule has 0 aliphatic carbocycles. The van der Waals surface area contributed by atoms with Gasteiger partial charge in [0.05, 0.1) is 6.04 Å². The second kappa shape index (κ2) is 5.06. The van der Waals surface area contributed by atoms with Gasteiger partial charge in [0.15, 0.2) is 0 Å². The summed E-state index contributed by atoms with van der Waals surface area (Å²) in [5, 5.41) is 0. The van der Waals surface area contributed by atoms with E-state index in [0.29, 0.717) is 5.56 Å². The van der Waals surface area contributed by atoms with Crippen molar-refractivity contribution in [3.8, 4) is 11.1 Å². The van der Waals surface area contributed by atoms with Crippen LogP contribution in [0.25, 0.3) is 11.1 Å². The number of hydrogen-bond donors (Lipinski definition) is 1. The summed E-state index contributed by atoms with van der Waals surface area (Å²) in [6.07, 6.45) is -2.54. The van der Waals surface area contributed by atoms with E-state index in [1.807, 2.05) is 36.4 Å². The zero-order chi connectivity index (χ0) is 12.3. The van der Waals surface area contributed by atoms with Gasteiger partial charge < -0.3 is 5.73 Å². The van der Waals surface area contributed by atoms with Crippen molar-refractivity contribution in [2.24, 2.45) is 5.73 Å². The molecule has 2 N–H and O–H groups in total. The van der Waals surface area contributed by atoms with E-state index < -0.39 is 12.5 Å². The number of nitrogens with two attached hydrogens (primary N) is 1. The number of hydrogen-bond acceptors (Lipinski definition) is 1. The maximum absolute atomic E-state index is 12.5. The van der Waals surface area contributed by atoms with E-state index in [4.69, 9.17) is 5.73 Å². The Hall–Kier alpha value is -1.74. The van der Waals surface area contributed by atoms with Crippen molar-refractivity contribution in [2.75, 3.05) is 0 Å². The van der Waals surface area contributed by atoms with Crippen molar-refractivity contribution in [3.63, 3.8) is 0 Å². The van der Waals surface area contributed by atoms with Crippen molar-refractivity contribution >= 4 is 0 Å². The molecule has 0 aromatic heterocycles. The van der Waals surface area contributed by atoms with Crippen molar-refractivity contribution in [2.45, 2.75) is 12.5 Å². The first-order chi connectivity index (χ1) is 8.18. The van der Waals surface area contributed by atoms with Gasteiger partial charge in [0.1, 0.15) is 0 Å². The van der Waals surface area contributed by atoms with Crippen LogP contribution in [0.15, 0.2) is 54.6 Å². The Kier molecular flexibility index (Phi) is 3.49. The van der Waals surface area contributed by atoms with Gasteiger partial charge in [-0.15, -0.1) is 0 Å². The van der Waals surface area contributed by atoms with Gasteiger partial charge in [0.2, 0.25) is 0 Å². The first-order valence-electron chi connectivity index (χ1n) is 5.37. The maximum atomic E-state index is 12.5. The summed E-state index contributed by atoms with van der Waals surface area (Å²) in [6.45, 7) is 0. The fourth-order valence-corrected chi connectivity index (χ4v) is 1.70. The molecule has 0 aliphatic rings. The van der Waals surface area contributed by atoms with Crippen LogP contribution in [0.4, 0.5) is 8.78 Å². The summed E-state index contributed by atoms with van der Waals surface area (Å²) in [4.78, 5) is 0. The molecule has 0 aliphatic heterocycles. The fraction of sp³-hybridized carbons (Fsp3) is 0.143. The molecule has 0 bridgehead atoms. The van der Waals surface area contributed by atoms with Crippen molar-refractivity contribution < 1.29 is 8.78 Å². The van der Waals surface area contributed by atoms with E-state index in [1.54, 1.807) is 18.2 Å². The average molecular weight is 233 g/mol. The lowest BCUT2D eigenvalue weighted by Gasteiger charge is -2.12. The second-order valence-corrected chi connectivity index (χ2v) is 3.85. The molecule has 0 fully saturated rings. The molecule has 0 unspecified atom stereocenters. The molecule has 0 saturated heterocycles. The van der Waals surface area contributed by atoms with Crippen LogP contribution in [0.3, 0.4) is 0 Å². The van der Waals surface area contributed by atoms with Crippen LogP contribution in [-0.4, -0.2) is 6.43 Å². The van der Waals surface area contributed by atoms with Gasteiger partial charge >= 0.3 is 0 Å². The Labute approximate surface area is 98.9 Å². The molecule has 2 rings (SSSR count). The molecule has 3 heteroatoms. The minimum Gasteiger partial charge on any atom is -0.319 e. The van der Waals surface area contributed by atoms with Gasteiger partial charge in [-0.1, -0.05) is 48.5 Å². The van der Waals surface area contributed by atoms with Crippen LogP contribution in [-0.2, 0) is 0 Å². The molecule has 1 atom stereocenters. The van der Waals surface area contributed by atoms with Crippen LogP contribution in [0.1, 0.15) is 11.6 Å². The smallest absolute Gasteiger partial charge is 0.257 e. The van der Waals surface area contributed by atoms with E-state index in [9.17, 15) is 8.78 Å². The Morgan fingerprint density at radius 2 is 1.47 bits per heavy atom. The standard InChI is InChI=1S/C14H13F2N/c15-14(16)13(17)12-8-4-7-11(9-12)10-5-2-1-3-6-10/h1-9,13-14H,17H2/t13-/m0/s1. The quantitative estimate of drug-likeness (QED) is 0.860. The third kappa shape index (κ3) is 2.68. The van der Waals surface area contributed by atoms with Crippen LogP contribution in [0, 0.1) is 0 Å². The first-order valence-corrected chi connectivity index (χ1v) is 5.37. The summed E-state index contributed by atoms with van der Waals surface area (Å²) in [5.41, 5.74) is 7.79. The van der Waals surface area contributed by atoms with Crippen LogP contribution < -0.4 is 5.73 Å². The third-order valence-corrected chi connectivity index (χ3v) is 2.65. The Morgan fingerprint density at radius 3 is 2.12 bits per heavy atom. The number of halogens is 2. The van der Waals surface area contributed by atoms with Crippen LogP contribution in [0.5, 0.6) is 0 Å². The van der Waals surface area contributed by atoms with E-state index in [1.165, 1.54) is 0 Å². The molecule has 0 heterocycles. The Bertz CT molecular complexity index is 483. The van der Waals surface area contributed by atoms with E-state index in [-0.39, 0.29) is 0 Å². The highest BCUT2D eigenvalue weighted by molar-refractivity contribution is 5.64. The lowest BCUT2D eigenvalue weighted by molar-refractivity contribution is 0.116. The zero-order valence-electron chi connectivity index (χ0n) is 9.18. The van der Waals surface area contributed by atoms with Gasteiger partial charge in [-0.05, 0) is 22.8 Å². The lowest BCUT2D eigenvalue weighted by Crippen LogP contribution is -2.18. The van der Waals surface area contributed by atoms with E-state index in [2.05, 4.69) is 0 Å². The van der Waals surface area contributed by atoms with Gasteiger partial charge in [-0.3, -0.25) is 0 Å². The first kappa shape index (κ1) is 11.7. The average Bonchev–Trinajstić information content (AvgIpc) is 2.39. The molecular weight excluding hydrogens is 220 g/mol. The molecule has 2 aromatic rings. The lowest BCUT2D eigenvalue weighted by atomic mass is 10.00. The van der Waals surface area contributed by atoms with E-state index >= 15 is 0 Å². The van der Waals surface area contributed by atoms with Crippen molar-refractivity contribution in [3.05, 3.63) is 60.2 Å². The molecule has 0 saturated carbocycles. The van der Waals surface area contributed by atoms with Crippen LogP contribution >= 0.6 is 0 Å². The van der Waals surface area contributed by atoms with Crippen LogP contribution in [0.2, 0.25) is 0 Å². The topological polar surface area (TPSA) is 26.0 Å². The summed E-state index contributed by atoms with van der Waals surface area (Å²) in [7, 11) is 0.